The number of fused-ring (bicyclic) bond motifs is 7. The van der Waals surface area contributed by atoms with Gasteiger partial charge in [-0.2, -0.15) is 0 Å². The molecule has 0 N–H and O–H groups in total. The van der Waals surface area contributed by atoms with Crippen LogP contribution in [0.3, 0.4) is 0 Å². The lowest BCUT2D eigenvalue weighted by molar-refractivity contribution is 0.590. The van der Waals surface area contributed by atoms with E-state index in [4.69, 9.17) is 0 Å². The Morgan fingerprint density at radius 3 is 1.06 bits per heavy atom. The molecule has 0 aliphatic carbocycles. The summed E-state index contributed by atoms with van der Waals surface area (Å²) in [6.45, 7) is 20.8. The van der Waals surface area contributed by atoms with Crippen LogP contribution >= 0.6 is 0 Å². The molecule has 18 rings (SSSR count). The molecule has 0 bridgehead atoms. The average Bonchev–Trinajstić information content (AvgIpc) is 0.764. The van der Waals surface area contributed by atoms with E-state index in [-0.39, 0.29) is 23.0 Å². The lowest BCUT2D eigenvalue weighted by Gasteiger charge is -2.46. The first kappa shape index (κ1) is 68.0. The maximum absolute atomic E-state index is 3.20. The Kier molecular flexibility index (Phi) is 16.8. The number of benzene rings is 15. The number of nitrogens with zero attached hydrogens (tertiary/aromatic N) is 3. The Morgan fingerprint density at radius 2 is 0.630 bits per heavy atom. The molecular formula is C102H88BN3Si2. The molecule has 6 heteroatoms. The standard InChI is InChI=1S/C102H88BN3Si2/c1-100(2,3)74-57-51-71(52-58-74)72-55-61-77(62-56-72)106-97-69-79(105-93-49-30-28-47-88(93)89-48-29-31-50-94(89)105)68-96-98(97)103(92-66-76(102(7,8)9)65-90(99(92)106)73-53-59-75(60-54-73)101(4,5)6)91-64-63-87(108(83-40-22-13-23-41-83,84-42-24-14-25-43-84)85-44-26-15-27-45-85)70-95(91)104(96)78-33-32-46-86(67-78)107(80-34-16-10-17-35-80,81-36-18-11-19-37-81)82-38-20-12-21-39-82/h10-70H,1-9H3. The summed E-state index contributed by atoms with van der Waals surface area (Å²) in [7, 11) is -6.34. The summed E-state index contributed by atoms with van der Waals surface area (Å²) in [6, 6.07) is 143. The van der Waals surface area contributed by atoms with Gasteiger partial charge in [0.25, 0.3) is 6.71 Å². The fraction of sp³-hybridized carbons (Fsp3) is 0.118. The van der Waals surface area contributed by atoms with Crippen molar-refractivity contribution in [3.05, 3.63) is 387 Å². The number of para-hydroxylation sites is 2. The molecule has 108 heavy (non-hydrogen) atoms. The van der Waals surface area contributed by atoms with Crippen LogP contribution in [0.1, 0.15) is 79.0 Å². The van der Waals surface area contributed by atoms with E-state index < -0.39 is 16.1 Å². The van der Waals surface area contributed by atoms with Gasteiger partial charge in [0.05, 0.1) is 16.7 Å². The summed E-state index contributed by atoms with van der Waals surface area (Å²) in [6.07, 6.45) is 0. The van der Waals surface area contributed by atoms with Crippen molar-refractivity contribution in [1.82, 2.24) is 4.57 Å². The maximum Gasteiger partial charge on any atom is 0.252 e. The van der Waals surface area contributed by atoms with Crippen molar-refractivity contribution < 1.29 is 0 Å². The van der Waals surface area contributed by atoms with E-state index >= 15 is 0 Å². The number of hydrogen-bond donors (Lipinski definition) is 0. The van der Waals surface area contributed by atoms with E-state index in [1.807, 2.05) is 0 Å². The third-order valence-corrected chi connectivity index (χ3v) is 32.9. The smallest absolute Gasteiger partial charge is 0.252 e. The molecule has 0 unspecified atom stereocenters. The molecule has 0 fully saturated rings. The van der Waals surface area contributed by atoms with E-state index in [1.54, 1.807) is 0 Å². The Labute approximate surface area is 639 Å². The molecule has 3 nitrogen and oxygen atoms in total. The fourth-order valence-corrected chi connectivity index (χ4v) is 27.5. The highest BCUT2D eigenvalue weighted by atomic mass is 28.3. The van der Waals surface area contributed by atoms with Gasteiger partial charge in [0, 0.05) is 50.5 Å². The third-order valence-electron chi connectivity index (χ3n) is 23.3. The molecule has 15 aromatic carbocycles. The van der Waals surface area contributed by atoms with Crippen molar-refractivity contribution in [2.75, 3.05) is 9.80 Å². The summed E-state index contributed by atoms with van der Waals surface area (Å²) in [5, 5.41) is 13.0. The van der Waals surface area contributed by atoms with Crippen LogP contribution in [0.5, 0.6) is 0 Å². The fourth-order valence-electron chi connectivity index (χ4n) is 18.0. The van der Waals surface area contributed by atoms with Crippen LogP contribution in [-0.2, 0) is 16.2 Å². The normalized spacial score (nSPS) is 13.0. The highest BCUT2D eigenvalue weighted by Gasteiger charge is 2.49. The lowest BCUT2D eigenvalue weighted by atomic mass is 9.33. The lowest BCUT2D eigenvalue weighted by Crippen LogP contribution is -2.75. The van der Waals surface area contributed by atoms with E-state index in [1.165, 1.54) is 113 Å². The number of rotatable bonds is 13. The Morgan fingerprint density at radius 1 is 0.250 bits per heavy atom. The minimum absolute atomic E-state index is 0.0329. The van der Waals surface area contributed by atoms with Crippen LogP contribution in [0.4, 0.5) is 34.1 Å². The van der Waals surface area contributed by atoms with Gasteiger partial charge in [-0.1, -0.05) is 372 Å². The highest BCUT2D eigenvalue weighted by Crippen LogP contribution is 2.50. The Balaban J connectivity index is 1.01. The number of anilines is 6. The largest absolute Gasteiger partial charge is 0.311 e. The van der Waals surface area contributed by atoms with Gasteiger partial charge in [0.15, 0.2) is 16.1 Å². The van der Waals surface area contributed by atoms with Gasteiger partial charge in [-0.3, -0.25) is 0 Å². The maximum atomic E-state index is 2.72. The van der Waals surface area contributed by atoms with E-state index in [9.17, 15) is 0 Å². The van der Waals surface area contributed by atoms with Crippen molar-refractivity contribution in [2.24, 2.45) is 0 Å². The van der Waals surface area contributed by atoms with Crippen LogP contribution in [-0.4, -0.2) is 27.4 Å². The molecule has 1 aromatic heterocycles. The first-order chi connectivity index (χ1) is 52.5. The summed E-state index contributed by atoms with van der Waals surface area (Å²) in [5.41, 5.74) is 22.4. The number of hydrogen-bond acceptors (Lipinski definition) is 2. The topological polar surface area (TPSA) is 11.4 Å². The second kappa shape index (κ2) is 26.6. The molecule has 3 heterocycles. The minimum atomic E-state index is -3.20. The van der Waals surface area contributed by atoms with Gasteiger partial charge in [-0.05, 0) is 168 Å². The van der Waals surface area contributed by atoms with E-state index in [0.29, 0.717) is 0 Å². The van der Waals surface area contributed by atoms with Gasteiger partial charge < -0.3 is 14.4 Å². The number of aromatic nitrogens is 1. The molecule has 0 amide bonds. The second-order valence-electron chi connectivity index (χ2n) is 32.8. The predicted octanol–water partition coefficient (Wildman–Crippen LogP) is 18.8. The minimum Gasteiger partial charge on any atom is -0.311 e. The van der Waals surface area contributed by atoms with Crippen LogP contribution in [0.25, 0.3) is 49.7 Å². The van der Waals surface area contributed by atoms with Gasteiger partial charge in [-0.25, -0.2) is 0 Å². The van der Waals surface area contributed by atoms with Crippen LogP contribution in [0, 0.1) is 0 Å². The Bertz CT molecular complexity index is 5770. The highest BCUT2D eigenvalue weighted by molar-refractivity contribution is 7.20. The first-order valence-electron chi connectivity index (χ1n) is 38.3. The Hall–Kier alpha value is -11.8. The molecule has 522 valence electrons. The van der Waals surface area contributed by atoms with Gasteiger partial charge in [0.2, 0.25) is 0 Å². The van der Waals surface area contributed by atoms with Crippen LogP contribution < -0.4 is 67.7 Å². The van der Waals surface area contributed by atoms with Crippen LogP contribution in [0.15, 0.2) is 370 Å². The zero-order chi connectivity index (χ0) is 73.7. The SMILES string of the molecule is CC(C)(C)c1ccc(-c2ccc(N3c4cc(-n5c6ccccc6c6ccccc65)cc5c4B(c4ccc([Si](c6ccccc6)(c6ccccc6)c6ccccc6)cc4N5c4cccc([Si](c5ccccc5)(c5ccccc5)c5ccccc5)c4)c4cc(C(C)(C)C)cc(-c5ccc(C(C)(C)C)cc5)c43)cc2)cc1. The molecule has 0 spiro atoms. The first-order valence-corrected chi connectivity index (χ1v) is 42.3. The molecule has 2 aliphatic heterocycles. The van der Waals surface area contributed by atoms with Gasteiger partial charge >= 0.3 is 0 Å². The molecule has 0 atom stereocenters. The molecule has 2 aliphatic rings. The van der Waals surface area contributed by atoms with Gasteiger partial charge in [0.1, 0.15) is 0 Å². The van der Waals surface area contributed by atoms with Crippen LogP contribution in [0.2, 0.25) is 0 Å². The second-order valence-corrected chi connectivity index (χ2v) is 40.4. The average molecular weight is 1420 g/mol. The molecule has 0 radical (unpaired) electrons. The van der Waals surface area contributed by atoms with E-state index in [2.05, 4.69) is 447 Å². The van der Waals surface area contributed by atoms with Crippen molar-refractivity contribution in [3.8, 4) is 27.9 Å². The summed E-state index contributed by atoms with van der Waals surface area (Å²) in [4.78, 5) is 5.40. The monoisotopic (exact) mass is 1420 g/mol. The van der Waals surface area contributed by atoms with Crippen molar-refractivity contribution in [2.45, 2.75) is 78.6 Å². The summed E-state index contributed by atoms with van der Waals surface area (Å²) in [5.74, 6) is 0. The van der Waals surface area contributed by atoms with Crippen molar-refractivity contribution in [3.63, 3.8) is 0 Å². The van der Waals surface area contributed by atoms with Gasteiger partial charge in [-0.15, -0.1) is 0 Å². The summed E-state index contributed by atoms with van der Waals surface area (Å²) < 4.78 is 2.56. The zero-order valence-electron chi connectivity index (χ0n) is 63.1. The van der Waals surface area contributed by atoms with E-state index in [0.717, 1.165) is 45.2 Å². The molecule has 0 saturated carbocycles. The predicted molar refractivity (Wildman–Crippen MR) is 469 cm³/mol. The third kappa shape index (κ3) is 11.3. The van der Waals surface area contributed by atoms with Crippen molar-refractivity contribution >= 4 is 137 Å². The van der Waals surface area contributed by atoms with Crippen molar-refractivity contribution in [1.29, 1.82) is 0 Å². The summed E-state index contributed by atoms with van der Waals surface area (Å²) >= 11 is 0. The molecule has 0 saturated heterocycles. The molecule has 16 aromatic rings. The quantitative estimate of drug-likeness (QED) is 0.0842. The molecular weight excluding hydrogens is 1330 g/mol. The zero-order valence-corrected chi connectivity index (χ0v) is 65.1.